The van der Waals surface area contributed by atoms with E-state index in [4.69, 9.17) is 0 Å². The van der Waals surface area contributed by atoms with Gasteiger partial charge in [-0.3, -0.25) is 4.79 Å². The smallest absolute Gasteiger partial charge is 0.366 e. The van der Waals surface area contributed by atoms with Crippen LogP contribution in [0.2, 0.25) is 0 Å². The van der Waals surface area contributed by atoms with Gasteiger partial charge in [-0.1, -0.05) is 24.3 Å². The molecule has 0 saturated heterocycles. The Labute approximate surface area is 109 Å². The number of hydrogen-bond donors (Lipinski definition) is 1. The topological polar surface area (TPSA) is 43.1 Å². The Morgan fingerprint density at radius 1 is 1.15 bits per heavy atom. The normalized spacial score (nSPS) is 14.5. The summed E-state index contributed by atoms with van der Waals surface area (Å²) in [5, 5.41) is 0. The molecule has 0 aliphatic rings. The lowest BCUT2D eigenvalue weighted by Gasteiger charge is -2.18. The highest BCUT2D eigenvalue weighted by Gasteiger charge is 2.40. The van der Waals surface area contributed by atoms with Gasteiger partial charge in [-0.05, 0) is 17.7 Å². The van der Waals surface area contributed by atoms with Crippen LogP contribution in [0.1, 0.15) is 17.0 Å². The van der Waals surface area contributed by atoms with Crippen LogP contribution in [0, 0.1) is 0 Å². The molecule has 0 aromatic heterocycles. The Hall–Kier alpha value is -1.99. The Balaban J connectivity index is 3.25. The number of halogens is 6. The molecular weight excluding hydrogens is 288 g/mol. The lowest BCUT2D eigenvalue weighted by molar-refractivity contribution is -0.142. The molecule has 0 radical (unpaired) electrons. The maximum Gasteiger partial charge on any atom is 0.416 e. The standard InChI is InChI=1S/C12H9F6NO/c13-11(14,15)8-3-1-2-7(6-8)9(12(16,17)18)4-5-10(19)20/h1-6,9H,(H2,19,20). The van der Waals surface area contributed by atoms with Crippen molar-refractivity contribution in [1.29, 1.82) is 0 Å². The summed E-state index contributed by atoms with van der Waals surface area (Å²) in [4.78, 5) is 10.5. The van der Waals surface area contributed by atoms with Crippen LogP contribution >= 0.6 is 0 Å². The van der Waals surface area contributed by atoms with E-state index in [2.05, 4.69) is 5.73 Å². The number of hydrogen-bond acceptors (Lipinski definition) is 1. The second kappa shape index (κ2) is 5.56. The van der Waals surface area contributed by atoms with Crippen molar-refractivity contribution in [1.82, 2.24) is 0 Å². The molecule has 1 amide bonds. The number of allylic oxidation sites excluding steroid dienone is 1. The Morgan fingerprint density at radius 3 is 2.20 bits per heavy atom. The second-order valence-electron chi connectivity index (χ2n) is 3.90. The first-order valence-corrected chi connectivity index (χ1v) is 5.23. The SMILES string of the molecule is NC(=O)C=CC(c1cccc(C(F)(F)F)c1)C(F)(F)F. The maximum atomic E-state index is 12.8. The molecule has 0 aliphatic carbocycles. The van der Waals surface area contributed by atoms with Crippen LogP contribution in [0.15, 0.2) is 36.4 Å². The van der Waals surface area contributed by atoms with Crippen LogP contribution < -0.4 is 5.73 Å². The predicted octanol–water partition coefficient (Wildman–Crippen LogP) is 3.39. The van der Waals surface area contributed by atoms with E-state index in [0.29, 0.717) is 24.3 Å². The van der Waals surface area contributed by atoms with Crippen LogP contribution in [0.4, 0.5) is 26.3 Å². The van der Waals surface area contributed by atoms with Crippen molar-refractivity contribution in [2.24, 2.45) is 5.73 Å². The first-order valence-electron chi connectivity index (χ1n) is 5.23. The molecule has 0 aliphatic heterocycles. The minimum Gasteiger partial charge on any atom is -0.366 e. The molecule has 2 nitrogen and oxygen atoms in total. The third-order valence-electron chi connectivity index (χ3n) is 2.38. The molecule has 1 atom stereocenters. The fraction of sp³-hybridized carbons (Fsp3) is 0.250. The fourth-order valence-electron chi connectivity index (χ4n) is 1.51. The largest absolute Gasteiger partial charge is 0.416 e. The number of nitrogens with two attached hydrogens (primary N) is 1. The highest BCUT2D eigenvalue weighted by molar-refractivity contribution is 5.85. The molecule has 20 heavy (non-hydrogen) atoms. The summed E-state index contributed by atoms with van der Waals surface area (Å²) in [6.07, 6.45) is -8.69. The van der Waals surface area contributed by atoms with Gasteiger partial charge in [-0.15, -0.1) is 0 Å². The Kier molecular flexibility index (Phi) is 4.46. The van der Waals surface area contributed by atoms with E-state index < -0.39 is 35.3 Å². The molecule has 110 valence electrons. The van der Waals surface area contributed by atoms with E-state index in [0.717, 1.165) is 12.1 Å². The van der Waals surface area contributed by atoms with Gasteiger partial charge in [0.15, 0.2) is 0 Å². The molecule has 1 rings (SSSR count). The van der Waals surface area contributed by atoms with Gasteiger partial charge in [-0.2, -0.15) is 26.3 Å². The molecule has 0 heterocycles. The Bertz CT molecular complexity index is 517. The summed E-state index contributed by atoms with van der Waals surface area (Å²) in [6.45, 7) is 0. The predicted molar refractivity (Wildman–Crippen MR) is 58.6 cm³/mol. The first-order chi connectivity index (χ1) is 9.01. The summed E-state index contributed by atoms with van der Waals surface area (Å²) in [7, 11) is 0. The van der Waals surface area contributed by atoms with E-state index >= 15 is 0 Å². The van der Waals surface area contributed by atoms with Crippen molar-refractivity contribution in [3.8, 4) is 0 Å². The lowest BCUT2D eigenvalue weighted by Crippen LogP contribution is -2.20. The minimum atomic E-state index is -4.84. The van der Waals surface area contributed by atoms with E-state index in [-0.39, 0.29) is 0 Å². The summed E-state index contributed by atoms with van der Waals surface area (Å²) < 4.78 is 75.8. The highest BCUT2D eigenvalue weighted by atomic mass is 19.4. The van der Waals surface area contributed by atoms with E-state index in [1.165, 1.54) is 0 Å². The Morgan fingerprint density at radius 2 is 1.75 bits per heavy atom. The number of rotatable bonds is 3. The van der Waals surface area contributed by atoms with Crippen molar-refractivity contribution in [3.63, 3.8) is 0 Å². The van der Waals surface area contributed by atoms with Crippen molar-refractivity contribution in [2.75, 3.05) is 0 Å². The zero-order chi connectivity index (χ0) is 15.6. The van der Waals surface area contributed by atoms with E-state index in [1.54, 1.807) is 0 Å². The monoisotopic (exact) mass is 297 g/mol. The summed E-state index contributed by atoms with van der Waals surface area (Å²) >= 11 is 0. The van der Waals surface area contributed by atoms with Crippen LogP contribution in [-0.4, -0.2) is 12.1 Å². The van der Waals surface area contributed by atoms with Gasteiger partial charge >= 0.3 is 12.4 Å². The van der Waals surface area contributed by atoms with Crippen LogP contribution in [0.3, 0.4) is 0 Å². The molecule has 1 aromatic carbocycles. The van der Waals surface area contributed by atoms with Gasteiger partial charge in [0.2, 0.25) is 5.91 Å². The number of primary amides is 1. The van der Waals surface area contributed by atoms with Gasteiger partial charge in [0, 0.05) is 0 Å². The molecule has 1 aromatic rings. The first kappa shape index (κ1) is 16.1. The van der Waals surface area contributed by atoms with Gasteiger partial charge < -0.3 is 5.73 Å². The summed E-state index contributed by atoms with van der Waals surface area (Å²) in [6, 6.07) is 2.83. The number of amides is 1. The minimum absolute atomic E-state index is 0.392. The third kappa shape index (κ3) is 4.29. The van der Waals surface area contributed by atoms with Gasteiger partial charge in [0.25, 0.3) is 0 Å². The zero-order valence-electron chi connectivity index (χ0n) is 9.79. The second-order valence-corrected chi connectivity index (χ2v) is 3.90. The zero-order valence-corrected chi connectivity index (χ0v) is 9.79. The van der Waals surface area contributed by atoms with Crippen LogP contribution in [0.5, 0.6) is 0 Å². The van der Waals surface area contributed by atoms with Gasteiger partial charge in [0.05, 0.1) is 11.5 Å². The summed E-state index contributed by atoms with van der Waals surface area (Å²) in [5.41, 5.74) is 2.87. The molecule has 0 bridgehead atoms. The van der Waals surface area contributed by atoms with Crippen LogP contribution in [-0.2, 0) is 11.0 Å². The molecule has 0 fully saturated rings. The number of benzene rings is 1. The number of carbonyl (C=O) groups excluding carboxylic acids is 1. The van der Waals surface area contributed by atoms with Gasteiger partial charge in [0.1, 0.15) is 0 Å². The molecule has 2 N–H and O–H groups in total. The average Bonchev–Trinajstić information content (AvgIpc) is 2.26. The highest BCUT2D eigenvalue weighted by Crippen LogP contribution is 2.38. The van der Waals surface area contributed by atoms with Crippen LogP contribution in [0.25, 0.3) is 0 Å². The van der Waals surface area contributed by atoms with Crippen molar-refractivity contribution in [2.45, 2.75) is 18.3 Å². The molecule has 0 saturated carbocycles. The van der Waals surface area contributed by atoms with Crippen molar-refractivity contribution in [3.05, 3.63) is 47.5 Å². The van der Waals surface area contributed by atoms with Gasteiger partial charge in [-0.25, -0.2) is 0 Å². The van der Waals surface area contributed by atoms with Crippen molar-refractivity contribution < 1.29 is 31.1 Å². The molecule has 0 spiro atoms. The fourth-order valence-corrected chi connectivity index (χ4v) is 1.51. The number of carbonyl (C=O) groups is 1. The molecule has 1 unspecified atom stereocenters. The molecule has 8 heteroatoms. The van der Waals surface area contributed by atoms with E-state index in [1.807, 2.05) is 0 Å². The van der Waals surface area contributed by atoms with Crippen molar-refractivity contribution >= 4 is 5.91 Å². The maximum absolute atomic E-state index is 12.8. The quantitative estimate of drug-likeness (QED) is 0.674. The molecular formula is C12H9F6NO. The lowest BCUT2D eigenvalue weighted by atomic mass is 9.96. The van der Waals surface area contributed by atoms with E-state index in [9.17, 15) is 31.1 Å². The average molecular weight is 297 g/mol. The summed E-state index contributed by atoms with van der Waals surface area (Å²) in [5.74, 6) is -3.46. The number of alkyl halides is 6. The third-order valence-corrected chi connectivity index (χ3v) is 2.38.